The van der Waals surface area contributed by atoms with Gasteiger partial charge in [-0.2, -0.15) is 0 Å². The summed E-state index contributed by atoms with van der Waals surface area (Å²) in [5.74, 6) is -0.295. The highest BCUT2D eigenvalue weighted by Crippen LogP contribution is 2.29. The number of ether oxygens (including phenoxy) is 1. The van der Waals surface area contributed by atoms with Gasteiger partial charge in [-0.05, 0) is 42.3 Å². The number of aryl methyl sites for hydroxylation is 1. The van der Waals surface area contributed by atoms with Crippen LogP contribution in [0.4, 0.5) is 10.1 Å². The monoisotopic (exact) mass is 288 g/mol. The number of anilines is 1. The van der Waals surface area contributed by atoms with Crippen molar-refractivity contribution in [1.82, 2.24) is 0 Å². The molecule has 0 bridgehead atoms. The molecule has 0 saturated carbocycles. The molecule has 1 atom stereocenters. The van der Waals surface area contributed by atoms with Crippen LogP contribution in [-0.2, 0) is 4.79 Å². The van der Waals surface area contributed by atoms with Crippen molar-refractivity contribution < 1.29 is 13.9 Å². The predicted octanol–water partition coefficient (Wildman–Crippen LogP) is 2.78. The van der Waals surface area contributed by atoms with Crippen LogP contribution >= 0.6 is 0 Å². The molecule has 2 aromatic carbocycles. The van der Waals surface area contributed by atoms with Crippen LogP contribution in [0, 0.1) is 12.7 Å². The van der Waals surface area contributed by atoms with Crippen LogP contribution in [0.2, 0.25) is 0 Å². The van der Waals surface area contributed by atoms with Crippen LogP contribution in [0.1, 0.15) is 17.2 Å². The third kappa shape index (κ3) is 3.31. The van der Waals surface area contributed by atoms with Crippen LogP contribution in [-0.4, -0.2) is 13.0 Å². The maximum Gasteiger partial charge on any atom is 0.244 e. The Morgan fingerprint density at radius 2 is 2.00 bits per heavy atom. The maximum absolute atomic E-state index is 13.2. The molecule has 3 N–H and O–H groups in total. The predicted molar refractivity (Wildman–Crippen MR) is 79.7 cm³/mol. The summed E-state index contributed by atoms with van der Waals surface area (Å²) in [6, 6.07) is 10.7. The van der Waals surface area contributed by atoms with Crippen molar-refractivity contribution in [3.8, 4) is 5.75 Å². The van der Waals surface area contributed by atoms with E-state index >= 15 is 0 Å². The molecule has 0 radical (unpaired) electrons. The molecule has 0 aromatic heterocycles. The zero-order chi connectivity index (χ0) is 15.4. The molecule has 1 amide bonds. The maximum atomic E-state index is 13.2. The first kappa shape index (κ1) is 14.8. The number of halogens is 1. The molecule has 2 rings (SSSR count). The van der Waals surface area contributed by atoms with Crippen molar-refractivity contribution in [3.05, 3.63) is 59.4 Å². The highest BCUT2D eigenvalue weighted by Gasteiger charge is 2.21. The number of hydrogen-bond acceptors (Lipinski definition) is 3. The van der Waals surface area contributed by atoms with Gasteiger partial charge in [0, 0.05) is 0 Å². The van der Waals surface area contributed by atoms with Gasteiger partial charge in [-0.3, -0.25) is 4.79 Å². The van der Waals surface area contributed by atoms with Crippen LogP contribution < -0.4 is 15.8 Å². The van der Waals surface area contributed by atoms with Crippen molar-refractivity contribution >= 4 is 11.6 Å². The lowest BCUT2D eigenvalue weighted by atomic mass is 10.00. The fraction of sp³-hybridized carbons (Fsp3) is 0.188. The first-order chi connectivity index (χ1) is 10.0. The largest absolute Gasteiger partial charge is 0.495 e. The van der Waals surface area contributed by atoms with E-state index in [1.165, 1.54) is 12.1 Å². The topological polar surface area (TPSA) is 64.3 Å². The highest BCUT2D eigenvalue weighted by molar-refractivity contribution is 5.85. The summed E-state index contributed by atoms with van der Waals surface area (Å²) in [4.78, 5) is 11.8. The number of nitrogens with two attached hydrogens (primary N) is 1. The fourth-order valence-electron chi connectivity index (χ4n) is 2.18. The Bertz CT molecular complexity index is 658. The average molecular weight is 288 g/mol. The molecular formula is C16H17FN2O2. The van der Waals surface area contributed by atoms with E-state index in [2.05, 4.69) is 5.32 Å². The molecular weight excluding hydrogens is 271 g/mol. The van der Waals surface area contributed by atoms with E-state index in [0.717, 1.165) is 0 Å². The Hall–Kier alpha value is -2.56. The van der Waals surface area contributed by atoms with Gasteiger partial charge >= 0.3 is 0 Å². The van der Waals surface area contributed by atoms with E-state index in [1.54, 1.807) is 32.2 Å². The van der Waals surface area contributed by atoms with E-state index in [-0.39, 0.29) is 5.82 Å². The van der Waals surface area contributed by atoms with E-state index < -0.39 is 11.9 Å². The van der Waals surface area contributed by atoms with Crippen LogP contribution in [0.5, 0.6) is 5.75 Å². The second-order valence-corrected chi connectivity index (χ2v) is 4.68. The van der Waals surface area contributed by atoms with Gasteiger partial charge in [0.1, 0.15) is 17.6 Å². The first-order valence-corrected chi connectivity index (χ1v) is 6.48. The van der Waals surface area contributed by atoms with Crippen LogP contribution in [0.25, 0.3) is 0 Å². The highest BCUT2D eigenvalue weighted by atomic mass is 19.1. The SMILES string of the molecule is COc1ccccc1NC(C(N)=O)c1ccc(F)cc1C. The minimum Gasteiger partial charge on any atom is -0.495 e. The number of amides is 1. The molecule has 0 fully saturated rings. The van der Waals surface area contributed by atoms with Gasteiger partial charge in [0.05, 0.1) is 12.8 Å². The van der Waals surface area contributed by atoms with Crippen LogP contribution in [0.15, 0.2) is 42.5 Å². The van der Waals surface area contributed by atoms with Gasteiger partial charge in [0.15, 0.2) is 0 Å². The zero-order valence-electron chi connectivity index (χ0n) is 11.9. The number of benzene rings is 2. The minimum absolute atomic E-state index is 0.350. The molecule has 0 aliphatic heterocycles. The number of methoxy groups -OCH3 is 1. The number of hydrogen-bond donors (Lipinski definition) is 2. The van der Waals surface area contributed by atoms with Crippen molar-refractivity contribution in [2.45, 2.75) is 13.0 Å². The zero-order valence-corrected chi connectivity index (χ0v) is 11.9. The Morgan fingerprint density at radius 3 is 2.62 bits per heavy atom. The van der Waals surface area contributed by atoms with Crippen molar-refractivity contribution in [2.75, 3.05) is 12.4 Å². The Morgan fingerprint density at radius 1 is 1.29 bits per heavy atom. The van der Waals surface area contributed by atoms with Gasteiger partial charge in [0.25, 0.3) is 0 Å². The summed E-state index contributed by atoms with van der Waals surface area (Å²) >= 11 is 0. The van der Waals surface area contributed by atoms with Gasteiger partial charge < -0.3 is 15.8 Å². The minimum atomic E-state index is -0.762. The van der Waals surface area contributed by atoms with Crippen LogP contribution in [0.3, 0.4) is 0 Å². The smallest absolute Gasteiger partial charge is 0.244 e. The van der Waals surface area contributed by atoms with Crippen molar-refractivity contribution in [3.63, 3.8) is 0 Å². The summed E-state index contributed by atoms with van der Waals surface area (Å²) in [5.41, 5.74) is 7.41. The van der Waals surface area contributed by atoms with Gasteiger partial charge in [-0.1, -0.05) is 18.2 Å². The lowest BCUT2D eigenvalue weighted by molar-refractivity contribution is -0.118. The number of nitrogens with one attached hydrogen (secondary N) is 1. The molecule has 0 heterocycles. The van der Waals surface area contributed by atoms with Crippen molar-refractivity contribution in [2.24, 2.45) is 5.73 Å². The third-order valence-electron chi connectivity index (χ3n) is 3.23. The van der Waals surface area contributed by atoms with E-state index in [9.17, 15) is 9.18 Å². The number of primary amides is 1. The first-order valence-electron chi connectivity index (χ1n) is 6.48. The lowest BCUT2D eigenvalue weighted by Gasteiger charge is -2.20. The average Bonchev–Trinajstić information content (AvgIpc) is 2.45. The Labute approximate surface area is 122 Å². The Kier molecular flexibility index (Phi) is 4.42. The van der Waals surface area contributed by atoms with Gasteiger partial charge in [0.2, 0.25) is 5.91 Å². The lowest BCUT2D eigenvalue weighted by Crippen LogP contribution is -2.28. The molecule has 0 saturated heterocycles. The van der Waals surface area contributed by atoms with E-state index in [4.69, 9.17) is 10.5 Å². The summed E-state index contributed by atoms with van der Waals surface area (Å²) in [7, 11) is 1.54. The van der Waals surface area contributed by atoms with E-state index in [1.807, 2.05) is 12.1 Å². The van der Waals surface area contributed by atoms with E-state index in [0.29, 0.717) is 22.6 Å². The summed E-state index contributed by atoms with van der Waals surface area (Å²) in [6.07, 6.45) is 0. The normalized spacial score (nSPS) is 11.8. The third-order valence-corrected chi connectivity index (χ3v) is 3.23. The summed E-state index contributed by atoms with van der Waals surface area (Å²) < 4.78 is 18.4. The molecule has 110 valence electrons. The fourth-order valence-corrected chi connectivity index (χ4v) is 2.18. The molecule has 2 aromatic rings. The summed E-state index contributed by atoms with van der Waals surface area (Å²) in [5, 5.41) is 3.05. The second kappa shape index (κ2) is 6.26. The molecule has 0 aliphatic rings. The van der Waals surface area contributed by atoms with Gasteiger partial charge in [-0.15, -0.1) is 0 Å². The standard InChI is InChI=1S/C16H17FN2O2/c1-10-9-11(17)7-8-12(10)15(16(18)20)19-13-5-3-4-6-14(13)21-2/h3-9,15,19H,1-2H3,(H2,18,20). The molecule has 21 heavy (non-hydrogen) atoms. The number of rotatable bonds is 5. The quantitative estimate of drug-likeness (QED) is 0.889. The van der Waals surface area contributed by atoms with Gasteiger partial charge in [-0.25, -0.2) is 4.39 Å². The number of carbonyl (C=O) groups excluding carboxylic acids is 1. The van der Waals surface area contributed by atoms with Crippen molar-refractivity contribution in [1.29, 1.82) is 0 Å². The Balaban J connectivity index is 2.38. The molecule has 0 spiro atoms. The molecule has 1 unspecified atom stereocenters. The molecule has 4 nitrogen and oxygen atoms in total. The number of para-hydroxylation sites is 2. The summed E-state index contributed by atoms with van der Waals surface area (Å²) in [6.45, 7) is 1.73. The molecule has 0 aliphatic carbocycles. The number of carbonyl (C=O) groups is 1. The molecule has 5 heteroatoms. The second-order valence-electron chi connectivity index (χ2n) is 4.68.